The molecule has 0 aromatic heterocycles. The van der Waals surface area contributed by atoms with Gasteiger partial charge in [0.15, 0.2) is 5.78 Å². The standard InChI is InChI=1S/C16H14BrFO3/c17-13(6-3-7-15(19)20)16(21)12-8-9-14(18)11-5-2-1-4-10(11)12/h1-2,4-5,8-9,13H,3,6-7H2,(H,19,20). The summed E-state index contributed by atoms with van der Waals surface area (Å²) in [5.41, 5.74) is 0.448. The second-order valence-electron chi connectivity index (χ2n) is 4.76. The number of Topliss-reactive ketones (excluding diaryl/α,β-unsaturated/α-hetero) is 1. The Morgan fingerprint density at radius 2 is 1.81 bits per heavy atom. The molecule has 0 radical (unpaired) electrons. The molecule has 1 unspecified atom stereocenters. The lowest BCUT2D eigenvalue weighted by Crippen LogP contribution is -2.15. The SMILES string of the molecule is O=C(O)CCCC(Br)C(=O)c1ccc(F)c2ccccc12. The number of alkyl halides is 1. The lowest BCUT2D eigenvalue weighted by molar-refractivity contribution is -0.137. The molecule has 0 heterocycles. The predicted octanol–water partition coefficient (Wildman–Crippen LogP) is 4.18. The van der Waals surface area contributed by atoms with Gasteiger partial charge in [-0.15, -0.1) is 0 Å². The highest BCUT2D eigenvalue weighted by Gasteiger charge is 2.20. The molecule has 0 aliphatic heterocycles. The maximum absolute atomic E-state index is 13.7. The number of ketones is 1. The number of carbonyl (C=O) groups is 2. The lowest BCUT2D eigenvalue weighted by atomic mass is 9.98. The molecule has 1 atom stereocenters. The summed E-state index contributed by atoms with van der Waals surface area (Å²) in [4.78, 5) is 22.5. The molecule has 0 aliphatic carbocycles. The molecule has 0 aliphatic rings. The molecule has 0 fully saturated rings. The number of fused-ring (bicyclic) bond motifs is 1. The van der Waals surface area contributed by atoms with Crippen LogP contribution in [0.5, 0.6) is 0 Å². The van der Waals surface area contributed by atoms with Crippen molar-refractivity contribution in [2.45, 2.75) is 24.1 Å². The molecule has 110 valence electrons. The first kappa shape index (κ1) is 15.6. The van der Waals surface area contributed by atoms with Gasteiger partial charge in [0.1, 0.15) is 5.82 Å². The minimum Gasteiger partial charge on any atom is -0.481 e. The highest BCUT2D eigenvalue weighted by molar-refractivity contribution is 9.10. The van der Waals surface area contributed by atoms with Crippen molar-refractivity contribution >= 4 is 38.5 Å². The van der Waals surface area contributed by atoms with Crippen LogP contribution in [0.15, 0.2) is 36.4 Å². The summed E-state index contributed by atoms with van der Waals surface area (Å²) >= 11 is 3.30. The Morgan fingerprint density at radius 1 is 1.14 bits per heavy atom. The third kappa shape index (κ3) is 3.67. The van der Waals surface area contributed by atoms with E-state index >= 15 is 0 Å². The monoisotopic (exact) mass is 352 g/mol. The van der Waals surface area contributed by atoms with Crippen LogP contribution in [-0.4, -0.2) is 21.7 Å². The van der Waals surface area contributed by atoms with E-state index in [2.05, 4.69) is 15.9 Å². The van der Waals surface area contributed by atoms with Crippen LogP contribution in [0.25, 0.3) is 10.8 Å². The van der Waals surface area contributed by atoms with Crippen molar-refractivity contribution in [3.05, 3.63) is 47.8 Å². The first-order valence-corrected chi connectivity index (χ1v) is 7.49. The van der Waals surface area contributed by atoms with Crippen molar-refractivity contribution in [1.29, 1.82) is 0 Å². The molecule has 0 spiro atoms. The van der Waals surface area contributed by atoms with E-state index in [1.54, 1.807) is 24.3 Å². The highest BCUT2D eigenvalue weighted by Crippen LogP contribution is 2.25. The van der Waals surface area contributed by atoms with E-state index in [0.717, 1.165) is 0 Å². The first-order chi connectivity index (χ1) is 10.0. The fourth-order valence-electron chi connectivity index (χ4n) is 2.21. The number of rotatable bonds is 6. The molecule has 1 N–H and O–H groups in total. The van der Waals surface area contributed by atoms with Crippen molar-refractivity contribution in [3.63, 3.8) is 0 Å². The van der Waals surface area contributed by atoms with Gasteiger partial charge in [-0.25, -0.2) is 4.39 Å². The largest absolute Gasteiger partial charge is 0.481 e. The average molecular weight is 353 g/mol. The van der Waals surface area contributed by atoms with Gasteiger partial charge < -0.3 is 5.11 Å². The first-order valence-electron chi connectivity index (χ1n) is 6.58. The summed E-state index contributed by atoms with van der Waals surface area (Å²) in [6.45, 7) is 0. The van der Waals surface area contributed by atoms with E-state index in [9.17, 15) is 14.0 Å². The van der Waals surface area contributed by atoms with Crippen molar-refractivity contribution in [3.8, 4) is 0 Å². The summed E-state index contributed by atoms with van der Waals surface area (Å²) in [6, 6.07) is 9.58. The molecule has 2 aromatic rings. The smallest absolute Gasteiger partial charge is 0.303 e. The zero-order valence-electron chi connectivity index (χ0n) is 11.2. The number of carboxylic acid groups (broad SMARTS) is 1. The van der Waals surface area contributed by atoms with Crippen LogP contribution in [0.1, 0.15) is 29.6 Å². The Labute approximate surface area is 129 Å². The van der Waals surface area contributed by atoms with Gasteiger partial charge in [-0.3, -0.25) is 9.59 Å². The van der Waals surface area contributed by atoms with Crippen molar-refractivity contribution < 1.29 is 19.1 Å². The molecular weight excluding hydrogens is 339 g/mol. The normalized spacial score (nSPS) is 12.3. The molecule has 5 heteroatoms. The van der Waals surface area contributed by atoms with Crippen LogP contribution >= 0.6 is 15.9 Å². The Bertz CT molecular complexity index is 684. The zero-order chi connectivity index (χ0) is 15.4. The topological polar surface area (TPSA) is 54.4 Å². The lowest BCUT2D eigenvalue weighted by Gasteiger charge is -2.11. The van der Waals surface area contributed by atoms with Crippen molar-refractivity contribution in [1.82, 2.24) is 0 Å². The number of aliphatic carboxylic acids is 1. The number of benzene rings is 2. The zero-order valence-corrected chi connectivity index (χ0v) is 12.8. The number of hydrogen-bond acceptors (Lipinski definition) is 2. The van der Waals surface area contributed by atoms with Gasteiger partial charge in [0, 0.05) is 17.4 Å². The van der Waals surface area contributed by atoms with Crippen LogP contribution < -0.4 is 0 Å². The maximum atomic E-state index is 13.7. The van der Waals surface area contributed by atoms with E-state index in [-0.39, 0.29) is 18.0 Å². The van der Waals surface area contributed by atoms with Crippen LogP contribution in [0, 0.1) is 5.82 Å². The van der Waals surface area contributed by atoms with Gasteiger partial charge in [0.25, 0.3) is 0 Å². The highest BCUT2D eigenvalue weighted by atomic mass is 79.9. The molecule has 0 bridgehead atoms. The van der Waals surface area contributed by atoms with E-state index < -0.39 is 10.8 Å². The van der Waals surface area contributed by atoms with Gasteiger partial charge >= 0.3 is 5.97 Å². The number of carbonyl (C=O) groups excluding carboxylic acids is 1. The second-order valence-corrected chi connectivity index (χ2v) is 5.86. The van der Waals surface area contributed by atoms with Crippen LogP contribution in [0.2, 0.25) is 0 Å². The van der Waals surface area contributed by atoms with Crippen molar-refractivity contribution in [2.75, 3.05) is 0 Å². The predicted molar refractivity (Wildman–Crippen MR) is 82.4 cm³/mol. The summed E-state index contributed by atoms with van der Waals surface area (Å²) in [7, 11) is 0. The Kier molecular flexibility index (Phi) is 5.07. The molecule has 3 nitrogen and oxygen atoms in total. The fourth-order valence-corrected chi connectivity index (χ4v) is 2.78. The molecule has 2 rings (SSSR count). The summed E-state index contributed by atoms with van der Waals surface area (Å²) in [5, 5.41) is 9.60. The van der Waals surface area contributed by atoms with E-state index in [0.29, 0.717) is 29.2 Å². The fraction of sp³-hybridized carbons (Fsp3) is 0.250. The van der Waals surface area contributed by atoms with Crippen LogP contribution in [0.3, 0.4) is 0 Å². The number of hydrogen-bond donors (Lipinski definition) is 1. The summed E-state index contributed by atoms with van der Waals surface area (Å²) < 4.78 is 13.7. The maximum Gasteiger partial charge on any atom is 0.303 e. The van der Waals surface area contributed by atoms with Gasteiger partial charge in [-0.2, -0.15) is 0 Å². The van der Waals surface area contributed by atoms with Crippen molar-refractivity contribution in [2.24, 2.45) is 0 Å². The van der Waals surface area contributed by atoms with Crippen LogP contribution in [0.4, 0.5) is 4.39 Å². The summed E-state index contributed by atoms with van der Waals surface area (Å²) in [6.07, 6.45) is 0.868. The second kappa shape index (κ2) is 6.80. The average Bonchev–Trinajstić information content (AvgIpc) is 2.47. The van der Waals surface area contributed by atoms with E-state index in [4.69, 9.17) is 5.11 Å². The number of halogens is 2. The van der Waals surface area contributed by atoms with Gasteiger partial charge in [-0.05, 0) is 30.4 Å². The Balaban J connectivity index is 2.23. The molecule has 2 aromatic carbocycles. The van der Waals surface area contributed by atoms with E-state index in [1.165, 1.54) is 12.1 Å². The van der Waals surface area contributed by atoms with Gasteiger partial charge in [-0.1, -0.05) is 40.2 Å². The minimum atomic E-state index is -0.880. The third-order valence-electron chi connectivity index (χ3n) is 3.27. The molecular formula is C16H14BrFO3. The minimum absolute atomic E-state index is 0.0273. The molecule has 0 amide bonds. The molecule has 21 heavy (non-hydrogen) atoms. The van der Waals surface area contributed by atoms with Gasteiger partial charge in [0.2, 0.25) is 0 Å². The van der Waals surface area contributed by atoms with Crippen LogP contribution in [-0.2, 0) is 4.79 Å². The Morgan fingerprint density at radius 3 is 2.48 bits per heavy atom. The van der Waals surface area contributed by atoms with E-state index in [1.807, 2.05) is 0 Å². The Hall–Kier alpha value is -1.75. The molecule has 0 saturated heterocycles. The molecule has 0 saturated carbocycles. The van der Waals surface area contributed by atoms with Gasteiger partial charge in [0.05, 0.1) is 4.83 Å². The quantitative estimate of drug-likeness (QED) is 0.626. The third-order valence-corrected chi connectivity index (χ3v) is 4.14. The summed E-state index contributed by atoms with van der Waals surface area (Å²) in [5.74, 6) is -1.40. The number of carboxylic acids is 1.